The molecule has 0 fully saturated rings. The van der Waals surface area contributed by atoms with Gasteiger partial charge in [-0.2, -0.15) is 0 Å². The highest BCUT2D eigenvalue weighted by molar-refractivity contribution is 5.76. The van der Waals surface area contributed by atoms with Gasteiger partial charge in [0.15, 0.2) is 5.03 Å². The van der Waals surface area contributed by atoms with Crippen LogP contribution in [0.3, 0.4) is 0 Å². The van der Waals surface area contributed by atoms with Gasteiger partial charge in [-0.25, -0.2) is 10.1 Å². The molecule has 70 valence electrons. The molecule has 0 aliphatic rings. The van der Waals surface area contributed by atoms with E-state index in [-0.39, 0.29) is 5.96 Å². The van der Waals surface area contributed by atoms with Gasteiger partial charge in [-0.15, -0.1) is 5.59 Å². The predicted molar refractivity (Wildman–Crippen MR) is 40.5 cm³/mol. The van der Waals surface area contributed by atoms with E-state index in [0.717, 1.165) is 5.01 Å². The number of nitrogens with one attached hydrogen (secondary N) is 1. The average Bonchev–Trinajstić information content (AvgIpc) is 1.98. The van der Waals surface area contributed by atoms with E-state index in [1.807, 2.05) is 6.92 Å². The van der Waals surface area contributed by atoms with Crippen LogP contribution in [0.5, 0.6) is 0 Å². The summed E-state index contributed by atoms with van der Waals surface area (Å²) in [5.74, 6) is -0.385. The van der Waals surface area contributed by atoms with Crippen LogP contribution in [0.1, 0.15) is 13.3 Å². The highest BCUT2D eigenvalue weighted by atomic mass is 16.7. The molecule has 0 atom stereocenters. The largest absolute Gasteiger partial charge is 0.363 e. The molecule has 0 unspecified atom stereocenters. The first-order valence-electron chi connectivity index (χ1n) is 3.27. The molecule has 0 aromatic heterocycles. The quantitative estimate of drug-likeness (QED) is 0.222. The van der Waals surface area contributed by atoms with Crippen LogP contribution in [-0.2, 0) is 0 Å². The lowest BCUT2D eigenvalue weighted by molar-refractivity contribution is -0.486. The molecule has 0 saturated heterocycles. The van der Waals surface area contributed by atoms with Crippen molar-refractivity contribution >= 4 is 5.96 Å². The zero-order chi connectivity index (χ0) is 9.56. The van der Waals surface area contributed by atoms with Crippen molar-refractivity contribution in [3.8, 4) is 0 Å². The lowest BCUT2D eigenvalue weighted by Crippen LogP contribution is -2.46. The van der Waals surface area contributed by atoms with Crippen molar-refractivity contribution in [1.29, 1.82) is 0 Å². The third-order valence-corrected chi connectivity index (χ3v) is 1.03. The van der Waals surface area contributed by atoms with Gasteiger partial charge in [0.2, 0.25) is 0 Å². The van der Waals surface area contributed by atoms with E-state index in [2.05, 4.69) is 5.10 Å². The molecule has 0 amide bonds. The zero-order valence-electron chi connectivity index (χ0n) is 6.60. The van der Waals surface area contributed by atoms with Gasteiger partial charge in [0.05, 0.1) is 0 Å². The third-order valence-electron chi connectivity index (χ3n) is 1.03. The number of nitrogens with two attached hydrogens (primary N) is 1. The van der Waals surface area contributed by atoms with E-state index in [1.165, 1.54) is 0 Å². The number of rotatable bonds is 4. The SMILES string of the molecule is CCCN(NO)C(N)=N[N+](=O)[O-]. The van der Waals surface area contributed by atoms with Gasteiger partial charge >= 0.3 is 0 Å². The Balaban J connectivity index is 4.19. The molecule has 0 rings (SSSR count). The summed E-state index contributed by atoms with van der Waals surface area (Å²) in [6.07, 6.45) is 0.668. The molecule has 0 heterocycles. The fourth-order valence-electron chi connectivity index (χ4n) is 0.577. The van der Waals surface area contributed by atoms with Gasteiger partial charge in [0, 0.05) is 6.54 Å². The van der Waals surface area contributed by atoms with Gasteiger partial charge in [0.1, 0.15) is 5.10 Å². The van der Waals surface area contributed by atoms with E-state index in [1.54, 1.807) is 5.59 Å². The first-order chi connectivity index (χ1) is 5.61. The summed E-state index contributed by atoms with van der Waals surface area (Å²) in [5.41, 5.74) is 6.81. The number of guanidine groups is 1. The van der Waals surface area contributed by atoms with E-state index in [0.29, 0.717) is 13.0 Å². The van der Waals surface area contributed by atoms with Crippen LogP contribution in [0.2, 0.25) is 0 Å². The van der Waals surface area contributed by atoms with Crippen LogP contribution in [0.4, 0.5) is 0 Å². The van der Waals surface area contributed by atoms with Crippen LogP contribution >= 0.6 is 0 Å². The Morgan fingerprint density at radius 3 is 2.83 bits per heavy atom. The van der Waals surface area contributed by atoms with Crippen molar-refractivity contribution in [2.24, 2.45) is 10.8 Å². The summed E-state index contributed by atoms with van der Waals surface area (Å²) >= 11 is 0. The first kappa shape index (κ1) is 10.6. The minimum atomic E-state index is -0.935. The number of hydrogen-bond donors (Lipinski definition) is 3. The Kier molecular flexibility index (Phi) is 4.65. The maximum Gasteiger partial charge on any atom is 0.284 e. The lowest BCUT2D eigenvalue weighted by Gasteiger charge is -2.16. The summed E-state index contributed by atoms with van der Waals surface area (Å²) < 4.78 is 0. The molecule has 0 saturated carbocycles. The predicted octanol–water partition coefficient (Wildman–Crippen LogP) is -0.901. The molecule has 0 aromatic rings. The Hall–Kier alpha value is -1.41. The second-order valence-electron chi connectivity index (χ2n) is 1.95. The summed E-state index contributed by atoms with van der Waals surface area (Å²) in [4.78, 5) is 9.84. The van der Waals surface area contributed by atoms with Crippen molar-refractivity contribution in [3.05, 3.63) is 10.1 Å². The third kappa shape index (κ3) is 3.68. The van der Waals surface area contributed by atoms with Crippen LogP contribution in [0.15, 0.2) is 5.10 Å². The Bertz CT molecular complexity index is 182. The van der Waals surface area contributed by atoms with E-state index in [9.17, 15) is 10.1 Å². The number of hydrazine groups is 1. The minimum absolute atomic E-state index is 0.333. The fourth-order valence-corrected chi connectivity index (χ4v) is 0.577. The van der Waals surface area contributed by atoms with Crippen molar-refractivity contribution in [2.75, 3.05) is 6.54 Å². The number of hydrogen-bond acceptors (Lipinski definition) is 4. The second-order valence-corrected chi connectivity index (χ2v) is 1.95. The monoisotopic (exact) mass is 177 g/mol. The lowest BCUT2D eigenvalue weighted by atomic mass is 10.5. The van der Waals surface area contributed by atoms with E-state index < -0.39 is 5.03 Å². The number of nitrogens with zero attached hydrogens (tertiary/aromatic N) is 3. The smallest absolute Gasteiger partial charge is 0.284 e. The molecule has 0 aromatic carbocycles. The molecule has 0 spiro atoms. The van der Waals surface area contributed by atoms with Crippen molar-refractivity contribution < 1.29 is 10.2 Å². The molecule has 0 radical (unpaired) electrons. The van der Waals surface area contributed by atoms with Crippen molar-refractivity contribution in [3.63, 3.8) is 0 Å². The van der Waals surface area contributed by atoms with Crippen LogP contribution in [-0.4, -0.2) is 27.8 Å². The zero-order valence-corrected chi connectivity index (χ0v) is 6.60. The van der Waals surface area contributed by atoms with Gasteiger partial charge in [0.25, 0.3) is 5.96 Å². The van der Waals surface area contributed by atoms with Gasteiger partial charge in [-0.1, -0.05) is 6.92 Å². The standard InChI is InChI=1S/C4H11N5O3/c1-2-3-8(7-10)4(5)6-9(11)12/h7,10H,2-3H2,1H3,(H2,5,6). The van der Waals surface area contributed by atoms with Gasteiger partial charge < -0.3 is 5.73 Å². The Labute approximate surface area is 68.7 Å². The molecular weight excluding hydrogens is 166 g/mol. The van der Waals surface area contributed by atoms with Crippen molar-refractivity contribution in [2.45, 2.75) is 13.3 Å². The topological polar surface area (TPSA) is 117 Å². The van der Waals surface area contributed by atoms with Crippen LogP contribution in [0.25, 0.3) is 0 Å². The Morgan fingerprint density at radius 1 is 1.92 bits per heavy atom. The van der Waals surface area contributed by atoms with Crippen LogP contribution in [0, 0.1) is 10.1 Å². The van der Waals surface area contributed by atoms with E-state index >= 15 is 0 Å². The molecule has 12 heavy (non-hydrogen) atoms. The highest BCUT2D eigenvalue weighted by Crippen LogP contribution is 1.85. The average molecular weight is 177 g/mol. The summed E-state index contributed by atoms with van der Waals surface area (Å²) in [6.45, 7) is 2.16. The molecule has 0 aliphatic heterocycles. The van der Waals surface area contributed by atoms with Gasteiger partial charge in [-0.05, 0) is 6.42 Å². The molecule has 0 bridgehead atoms. The molecule has 0 aliphatic carbocycles. The van der Waals surface area contributed by atoms with Gasteiger partial charge in [-0.3, -0.25) is 10.2 Å². The van der Waals surface area contributed by atoms with Crippen molar-refractivity contribution in [1.82, 2.24) is 10.6 Å². The summed E-state index contributed by atoms with van der Waals surface area (Å²) in [6, 6.07) is 0. The fraction of sp³-hybridized carbons (Fsp3) is 0.750. The van der Waals surface area contributed by atoms with Crippen LogP contribution < -0.4 is 11.3 Å². The summed E-state index contributed by atoms with van der Waals surface area (Å²) in [5, 5.41) is 21.1. The maximum absolute atomic E-state index is 9.84. The number of nitro groups is 1. The second kappa shape index (κ2) is 5.27. The molecule has 4 N–H and O–H groups in total. The molecule has 8 nitrogen and oxygen atoms in total. The highest BCUT2D eigenvalue weighted by Gasteiger charge is 2.08. The molecular formula is C4H11N5O3. The maximum atomic E-state index is 9.84. The summed E-state index contributed by atoms with van der Waals surface area (Å²) in [7, 11) is 0. The first-order valence-corrected chi connectivity index (χ1v) is 3.27. The normalized spacial score (nSPS) is 11.3. The minimum Gasteiger partial charge on any atom is -0.363 e. The number of hydrazone groups is 1. The molecule has 8 heteroatoms. The van der Waals surface area contributed by atoms with E-state index in [4.69, 9.17) is 10.9 Å². The Morgan fingerprint density at radius 2 is 2.50 bits per heavy atom.